The van der Waals surface area contributed by atoms with Gasteiger partial charge in [0.1, 0.15) is 0 Å². The number of alkyl halides is 3. The van der Waals surface area contributed by atoms with E-state index in [1.807, 2.05) is 42.5 Å². The van der Waals surface area contributed by atoms with Crippen LogP contribution in [0.3, 0.4) is 0 Å². The van der Waals surface area contributed by atoms with Crippen molar-refractivity contribution in [1.82, 2.24) is 9.97 Å². The van der Waals surface area contributed by atoms with Crippen LogP contribution in [0, 0.1) is 0 Å². The number of fused-ring (bicyclic) bond motifs is 1. The van der Waals surface area contributed by atoms with Gasteiger partial charge in [-0.2, -0.15) is 13.2 Å². The summed E-state index contributed by atoms with van der Waals surface area (Å²) in [6.07, 6.45) is -2.64. The summed E-state index contributed by atoms with van der Waals surface area (Å²) in [7, 11) is 0. The third kappa shape index (κ3) is 5.79. The Hall–Kier alpha value is -3.99. The van der Waals surface area contributed by atoms with Gasteiger partial charge in [0.2, 0.25) is 0 Å². The van der Waals surface area contributed by atoms with Crippen LogP contribution < -0.4 is 0 Å². The van der Waals surface area contributed by atoms with Crippen LogP contribution in [0.2, 0.25) is 0 Å². The van der Waals surface area contributed by atoms with Crippen LogP contribution >= 0.6 is 0 Å². The van der Waals surface area contributed by atoms with Gasteiger partial charge in [-0.3, -0.25) is 4.98 Å². The van der Waals surface area contributed by atoms with E-state index in [1.165, 1.54) is 17.2 Å². The summed E-state index contributed by atoms with van der Waals surface area (Å²) in [5.74, 6) is 0. The van der Waals surface area contributed by atoms with E-state index in [1.54, 1.807) is 12.3 Å². The molecule has 0 spiro atoms. The van der Waals surface area contributed by atoms with Gasteiger partial charge in [-0.05, 0) is 68.8 Å². The van der Waals surface area contributed by atoms with E-state index in [4.69, 9.17) is 4.98 Å². The first-order valence-corrected chi connectivity index (χ1v) is 13.4. The summed E-state index contributed by atoms with van der Waals surface area (Å²) < 4.78 is 40.8. The predicted octanol–water partition coefficient (Wildman–Crippen LogP) is 10.2. The number of benzene rings is 3. The molecule has 5 aromatic rings. The molecule has 0 radical (unpaired) electrons. The first-order chi connectivity index (χ1) is 18.7. The molecule has 0 amide bonds. The molecule has 0 bridgehead atoms. The Morgan fingerprint density at radius 2 is 1.07 bits per heavy atom. The topological polar surface area (TPSA) is 25.8 Å². The molecule has 0 saturated heterocycles. The molecule has 5 rings (SSSR count). The number of aromatic nitrogens is 2. The van der Waals surface area contributed by atoms with Gasteiger partial charge in [-0.25, -0.2) is 4.98 Å². The highest BCUT2D eigenvalue weighted by Gasteiger charge is 2.30. The second-order valence-electron chi connectivity index (χ2n) is 12.4. The van der Waals surface area contributed by atoms with Crippen molar-refractivity contribution in [1.29, 1.82) is 0 Å². The van der Waals surface area contributed by atoms with Crippen molar-refractivity contribution in [3.05, 3.63) is 108 Å². The molecular formula is C35H33F3N2. The number of pyridine rings is 2. The first-order valence-electron chi connectivity index (χ1n) is 13.4. The minimum absolute atomic E-state index is 0.0877. The number of rotatable bonds is 3. The summed E-state index contributed by atoms with van der Waals surface area (Å²) in [5.41, 5.74) is 5.52. The van der Waals surface area contributed by atoms with Gasteiger partial charge in [0.15, 0.2) is 0 Å². The minimum Gasteiger partial charge on any atom is -0.254 e. The third-order valence-corrected chi connectivity index (χ3v) is 7.20. The molecule has 0 fully saturated rings. The number of halogens is 3. The maximum Gasteiger partial charge on any atom is 0.416 e. The molecule has 0 aliphatic heterocycles. The number of hydrogen-bond donors (Lipinski definition) is 0. The van der Waals surface area contributed by atoms with Gasteiger partial charge in [0.05, 0.1) is 22.6 Å². The Labute approximate surface area is 234 Å². The van der Waals surface area contributed by atoms with Crippen LogP contribution in [0.15, 0.2) is 91.1 Å². The number of hydrogen-bond acceptors (Lipinski definition) is 2. The highest BCUT2D eigenvalue weighted by atomic mass is 19.4. The normalized spacial score (nSPS) is 12.6. The lowest BCUT2D eigenvalue weighted by molar-refractivity contribution is -0.137. The smallest absolute Gasteiger partial charge is 0.254 e. The van der Waals surface area contributed by atoms with Crippen LogP contribution in [-0.2, 0) is 17.0 Å². The van der Waals surface area contributed by atoms with Crippen LogP contribution in [-0.4, -0.2) is 9.97 Å². The van der Waals surface area contributed by atoms with Crippen molar-refractivity contribution in [2.24, 2.45) is 0 Å². The zero-order chi connectivity index (χ0) is 28.9. The van der Waals surface area contributed by atoms with Gasteiger partial charge in [-0.1, -0.05) is 96.1 Å². The zero-order valence-electron chi connectivity index (χ0n) is 23.7. The maximum absolute atomic E-state index is 13.6. The lowest BCUT2D eigenvalue weighted by atomic mass is 9.79. The molecule has 0 aliphatic carbocycles. The minimum atomic E-state index is -4.45. The fourth-order valence-corrected chi connectivity index (χ4v) is 4.72. The van der Waals surface area contributed by atoms with E-state index in [2.05, 4.69) is 64.7 Å². The summed E-state index contributed by atoms with van der Waals surface area (Å²) in [5, 5.41) is 2.03. The molecule has 0 atom stereocenters. The Morgan fingerprint density at radius 3 is 1.70 bits per heavy atom. The average molecular weight is 539 g/mol. The van der Waals surface area contributed by atoms with Crippen LogP contribution in [0.4, 0.5) is 13.2 Å². The largest absolute Gasteiger partial charge is 0.416 e. The molecule has 0 saturated carbocycles. The molecule has 0 N–H and O–H groups in total. The van der Waals surface area contributed by atoms with Gasteiger partial charge in [-0.15, -0.1) is 0 Å². The van der Waals surface area contributed by atoms with E-state index in [9.17, 15) is 13.2 Å². The van der Waals surface area contributed by atoms with Gasteiger partial charge in [0, 0.05) is 17.1 Å². The Morgan fingerprint density at radius 1 is 0.500 bits per heavy atom. The van der Waals surface area contributed by atoms with Crippen LogP contribution in [0.5, 0.6) is 0 Å². The highest BCUT2D eigenvalue weighted by molar-refractivity contribution is 5.86. The van der Waals surface area contributed by atoms with Crippen LogP contribution in [0.1, 0.15) is 58.2 Å². The van der Waals surface area contributed by atoms with E-state index in [0.29, 0.717) is 22.6 Å². The molecule has 40 heavy (non-hydrogen) atoms. The van der Waals surface area contributed by atoms with E-state index < -0.39 is 11.7 Å². The van der Waals surface area contributed by atoms with Crippen molar-refractivity contribution >= 4 is 10.8 Å². The average Bonchev–Trinajstić information content (AvgIpc) is 2.91. The van der Waals surface area contributed by atoms with E-state index in [0.717, 1.165) is 34.0 Å². The molecule has 0 unspecified atom stereocenters. The Balaban J connectivity index is 1.77. The molecule has 204 valence electrons. The second kappa shape index (κ2) is 9.88. The maximum atomic E-state index is 13.6. The zero-order valence-corrected chi connectivity index (χ0v) is 23.7. The van der Waals surface area contributed by atoms with Gasteiger partial charge < -0.3 is 0 Å². The van der Waals surface area contributed by atoms with E-state index in [-0.39, 0.29) is 10.8 Å². The lowest BCUT2D eigenvalue weighted by Gasteiger charge is -2.26. The summed E-state index contributed by atoms with van der Waals surface area (Å²) >= 11 is 0. The summed E-state index contributed by atoms with van der Waals surface area (Å²) in [6.45, 7) is 13.1. The van der Waals surface area contributed by atoms with Crippen molar-refractivity contribution < 1.29 is 13.2 Å². The molecule has 0 aliphatic rings. The molecule has 2 heterocycles. The second-order valence-corrected chi connectivity index (χ2v) is 12.4. The van der Waals surface area contributed by atoms with Crippen molar-refractivity contribution in [2.75, 3.05) is 0 Å². The SMILES string of the molecule is CC(C)(C)c1cc(-c2cc(-c3cccc(C(F)(F)F)c3)nc(-c3cc4ccccc4cn3)c2)cc(C(C)(C)C)c1. The molecule has 5 heteroatoms. The highest BCUT2D eigenvalue weighted by Crippen LogP contribution is 2.37. The van der Waals surface area contributed by atoms with Crippen molar-refractivity contribution in [3.63, 3.8) is 0 Å². The van der Waals surface area contributed by atoms with Crippen molar-refractivity contribution in [2.45, 2.75) is 58.5 Å². The van der Waals surface area contributed by atoms with Crippen molar-refractivity contribution in [3.8, 4) is 33.8 Å². The Kier molecular flexibility index (Phi) is 6.81. The van der Waals surface area contributed by atoms with Crippen LogP contribution in [0.25, 0.3) is 44.5 Å². The number of nitrogens with zero attached hydrogens (tertiary/aromatic N) is 2. The quantitative estimate of drug-likeness (QED) is 0.228. The van der Waals surface area contributed by atoms with Gasteiger partial charge in [0.25, 0.3) is 0 Å². The monoisotopic (exact) mass is 538 g/mol. The lowest BCUT2D eigenvalue weighted by Crippen LogP contribution is -2.16. The fraction of sp³-hybridized carbons (Fsp3) is 0.257. The standard InChI is InChI=1S/C35H33F3N2/c1-33(2,3)28-15-25(16-29(20-28)34(4,5)6)26-18-30(23-12-9-13-27(14-23)35(36,37)38)40-32(19-26)31-17-22-10-7-8-11-24(22)21-39-31/h7-21H,1-6H3. The molecule has 2 nitrogen and oxygen atoms in total. The fourth-order valence-electron chi connectivity index (χ4n) is 4.72. The summed E-state index contributed by atoms with van der Waals surface area (Å²) in [4.78, 5) is 9.52. The summed E-state index contributed by atoms with van der Waals surface area (Å²) in [6, 6.07) is 25.7. The predicted molar refractivity (Wildman–Crippen MR) is 158 cm³/mol. The molecule has 3 aromatic carbocycles. The third-order valence-electron chi connectivity index (χ3n) is 7.20. The molecular weight excluding hydrogens is 505 g/mol. The molecule has 2 aromatic heterocycles. The Bertz CT molecular complexity index is 1670. The van der Waals surface area contributed by atoms with E-state index >= 15 is 0 Å². The first kappa shape index (κ1) is 27.6. The van der Waals surface area contributed by atoms with Gasteiger partial charge >= 0.3 is 6.18 Å².